The molecule has 0 radical (unpaired) electrons. The topological polar surface area (TPSA) is 9.23 Å². The van der Waals surface area contributed by atoms with Crippen LogP contribution in [0.25, 0.3) is 0 Å². The molecule has 0 atom stereocenters. The van der Waals surface area contributed by atoms with Crippen LogP contribution in [0.15, 0.2) is 12.3 Å². The third-order valence-electron chi connectivity index (χ3n) is 2.84. The molecule has 0 aromatic carbocycles. The highest BCUT2D eigenvalue weighted by Crippen LogP contribution is 2.38. The van der Waals surface area contributed by atoms with Crippen LogP contribution in [0.4, 0.5) is 0 Å². The monoisotopic (exact) mass is 200 g/mol. The Labute approximate surface area is 84.3 Å². The Balaban J connectivity index is 4.44. The van der Waals surface area contributed by atoms with Gasteiger partial charge in [-0.25, -0.2) is 0 Å². The molecular formula is C11H24OSi. The Hall–Kier alpha value is -0.243. The molecule has 0 heterocycles. The molecule has 0 aliphatic heterocycles. The van der Waals surface area contributed by atoms with Gasteiger partial charge >= 0.3 is 0 Å². The molecule has 0 aliphatic rings. The lowest BCUT2D eigenvalue weighted by molar-refractivity contribution is 0.340. The maximum Gasteiger partial charge on any atom is 0.250 e. The Bertz CT molecular complexity index is 187. The van der Waals surface area contributed by atoms with E-state index in [1.165, 1.54) is 0 Å². The average Bonchev–Trinajstić information content (AvgIpc) is 1.83. The molecule has 0 saturated carbocycles. The van der Waals surface area contributed by atoms with Crippen molar-refractivity contribution < 1.29 is 4.43 Å². The van der Waals surface area contributed by atoms with Gasteiger partial charge in [0.25, 0.3) is 0 Å². The Morgan fingerprint density at radius 2 is 1.62 bits per heavy atom. The van der Waals surface area contributed by atoms with Crippen molar-refractivity contribution in [3.8, 4) is 0 Å². The molecule has 0 spiro atoms. The zero-order valence-corrected chi connectivity index (χ0v) is 11.2. The molecule has 0 bridgehead atoms. The van der Waals surface area contributed by atoms with Gasteiger partial charge in [0.2, 0.25) is 8.32 Å². The van der Waals surface area contributed by atoms with Crippen LogP contribution in [0.5, 0.6) is 0 Å². The zero-order valence-electron chi connectivity index (χ0n) is 10.2. The van der Waals surface area contributed by atoms with Crippen molar-refractivity contribution in [3.05, 3.63) is 12.3 Å². The Morgan fingerprint density at radius 1 is 1.23 bits per heavy atom. The highest BCUT2D eigenvalue weighted by molar-refractivity contribution is 6.74. The lowest BCUT2D eigenvalue weighted by atomic mass is 10.2. The van der Waals surface area contributed by atoms with E-state index in [1.807, 2.05) is 0 Å². The SMILES string of the molecule is C=C(O[Si](C)(C)C(C)(C)C)C(C)C. The molecule has 0 fully saturated rings. The normalized spacial score (nSPS) is 13.2. The maximum absolute atomic E-state index is 6.01. The van der Waals surface area contributed by atoms with Gasteiger partial charge in [0.05, 0.1) is 5.76 Å². The van der Waals surface area contributed by atoms with E-state index in [2.05, 4.69) is 54.3 Å². The van der Waals surface area contributed by atoms with Gasteiger partial charge < -0.3 is 4.43 Å². The molecule has 13 heavy (non-hydrogen) atoms. The highest BCUT2D eigenvalue weighted by atomic mass is 28.4. The van der Waals surface area contributed by atoms with Crippen LogP contribution in [-0.2, 0) is 4.43 Å². The largest absolute Gasteiger partial charge is 0.547 e. The average molecular weight is 200 g/mol. The van der Waals surface area contributed by atoms with Crippen molar-refractivity contribution in [2.24, 2.45) is 5.92 Å². The van der Waals surface area contributed by atoms with Crippen molar-refractivity contribution in [1.82, 2.24) is 0 Å². The van der Waals surface area contributed by atoms with Gasteiger partial charge in [-0.1, -0.05) is 41.2 Å². The summed E-state index contributed by atoms with van der Waals surface area (Å²) in [5, 5.41) is 0.269. The van der Waals surface area contributed by atoms with Gasteiger partial charge in [0.15, 0.2) is 0 Å². The lowest BCUT2D eigenvalue weighted by Gasteiger charge is -2.37. The summed E-state index contributed by atoms with van der Waals surface area (Å²) < 4.78 is 6.01. The summed E-state index contributed by atoms with van der Waals surface area (Å²) in [5.74, 6) is 1.36. The van der Waals surface area contributed by atoms with Crippen LogP contribution < -0.4 is 0 Å². The molecular weight excluding hydrogens is 176 g/mol. The van der Waals surface area contributed by atoms with Gasteiger partial charge in [0.1, 0.15) is 0 Å². The van der Waals surface area contributed by atoms with Crippen molar-refractivity contribution in [2.75, 3.05) is 0 Å². The fraction of sp³-hybridized carbons (Fsp3) is 0.818. The second-order valence-electron chi connectivity index (χ2n) is 5.48. The second kappa shape index (κ2) is 3.87. The number of allylic oxidation sites excluding steroid dienone is 1. The van der Waals surface area contributed by atoms with Gasteiger partial charge in [-0.3, -0.25) is 0 Å². The molecule has 78 valence electrons. The summed E-state index contributed by atoms with van der Waals surface area (Å²) in [6.07, 6.45) is 0. The molecule has 0 aromatic rings. The van der Waals surface area contributed by atoms with Gasteiger partial charge in [-0.2, -0.15) is 0 Å². The van der Waals surface area contributed by atoms with Crippen LogP contribution >= 0.6 is 0 Å². The first-order valence-corrected chi connectivity index (χ1v) is 7.86. The lowest BCUT2D eigenvalue weighted by Crippen LogP contribution is -2.40. The molecule has 2 heteroatoms. The van der Waals surface area contributed by atoms with Gasteiger partial charge in [-0.05, 0) is 18.1 Å². The van der Waals surface area contributed by atoms with Gasteiger partial charge in [-0.15, -0.1) is 0 Å². The fourth-order valence-corrected chi connectivity index (χ4v) is 1.80. The first kappa shape index (κ1) is 12.8. The van der Waals surface area contributed by atoms with E-state index in [0.717, 1.165) is 5.76 Å². The highest BCUT2D eigenvalue weighted by Gasteiger charge is 2.39. The van der Waals surface area contributed by atoms with E-state index < -0.39 is 8.32 Å². The van der Waals surface area contributed by atoms with Crippen molar-refractivity contribution >= 4 is 8.32 Å². The molecule has 0 amide bonds. The van der Waals surface area contributed by atoms with E-state index in [0.29, 0.717) is 5.92 Å². The first-order valence-electron chi connectivity index (χ1n) is 4.96. The molecule has 0 N–H and O–H groups in total. The standard InChI is InChI=1S/C11H24OSi/c1-9(2)10(3)12-13(7,8)11(4,5)6/h9H,3H2,1-2,4-8H3. The minimum absolute atomic E-state index is 0.269. The minimum atomic E-state index is -1.63. The predicted molar refractivity (Wildman–Crippen MR) is 62.3 cm³/mol. The summed E-state index contributed by atoms with van der Waals surface area (Å²) in [5.41, 5.74) is 0. The number of rotatable bonds is 3. The quantitative estimate of drug-likeness (QED) is 0.490. The smallest absolute Gasteiger partial charge is 0.250 e. The maximum atomic E-state index is 6.01. The molecule has 1 nitrogen and oxygen atoms in total. The van der Waals surface area contributed by atoms with Crippen LogP contribution in [0, 0.1) is 5.92 Å². The van der Waals surface area contributed by atoms with Crippen LogP contribution in [0.1, 0.15) is 34.6 Å². The third-order valence-corrected chi connectivity index (χ3v) is 7.22. The van der Waals surface area contributed by atoms with Crippen LogP contribution in [0.2, 0.25) is 18.1 Å². The summed E-state index contributed by atoms with van der Waals surface area (Å²) >= 11 is 0. The van der Waals surface area contributed by atoms with E-state index >= 15 is 0 Å². The van der Waals surface area contributed by atoms with E-state index in [-0.39, 0.29) is 5.04 Å². The van der Waals surface area contributed by atoms with Crippen molar-refractivity contribution in [3.63, 3.8) is 0 Å². The third kappa shape index (κ3) is 3.55. The van der Waals surface area contributed by atoms with E-state index in [4.69, 9.17) is 4.43 Å². The van der Waals surface area contributed by atoms with Crippen molar-refractivity contribution in [1.29, 1.82) is 0 Å². The molecule has 0 rings (SSSR count). The van der Waals surface area contributed by atoms with Crippen LogP contribution in [0.3, 0.4) is 0 Å². The van der Waals surface area contributed by atoms with Crippen LogP contribution in [-0.4, -0.2) is 8.32 Å². The first-order chi connectivity index (χ1) is 5.58. The van der Waals surface area contributed by atoms with E-state index in [1.54, 1.807) is 0 Å². The molecule has 0 saturated heterocycles. The summed E-state index contributed by atoms with van der Waals surface area (Å²) in [6.45, 7) is 19.4. The molecule has 0 aromatic heterocycles. The summed E-state index contributed by atoms with van der Waals surface area (Å²) in [4.78, 5) is 0. The second-order valence-corrected chi connectivity index (χ2v) is 10.2. The zero-order chi connectivity index (χ0) is 10.9. The number of hydrogen-bond acceptors (Lipinski definition) is 1. The predicted octanol–water partition coefficient (Wildman–Crippen LogP) is 4.18. The Kier molecular flexibility index (Phi) is 3.79. The fourth-order valence-electron chi connectivity index (χ4n) is 0.599. The number of hydrogen-bond donors (Lipinski definition) is 0. The Morgan fingerprint density at radius 3 is 1.85 bits per heavy atom. The van der Waals surface area contributed by atoms with Crippen molar-refractivity contribution in [2.45, 2.75) is 52.8 Å². The molecule has 0 aliphatic carbocycles. The summed E-state index contributed by atoms with van der Waals surface area (Å²) in [7, 11) is -1.63. The summed E-state index contributed by atoms with van der Waals surface area (Å²) in [6, 6.07) is 0. The van der Waals surface area contributed by atoms with Gasteiger partial charge in [0, 0.05) is 5.92 Å². The van der Waals surface area contributed by atoms with E-state index in [9.17, 15) is 0 Å². The minimum Gasteiger partial charge on any atom is -0.547 e. The molecule has 0 unspecified atom stereocenters.